The van der Waals surface area contributed by atoms with Gasteiger partial charge in [0.25, 0.3) is 0 Å². The van der Waals surface area contributed by atoms with Crippen LogP contribution in [0, 0.1) is 11.8 Å². The standard InChI is InChI=1S/C12H25NO/c1-10(2)13-8-7-12(9-14)11-5-3-4-6-11/h10-14H,3-9H2,1-2H3. The van der Waals surface area contributed by atoms with Gasteiger partial charge in [-0.1, -0.05) is 39.5 Å². The van der Waals surface area contributed by atoms with E-state index in [1.165, 1.54) is 25.7 Å². The van der Waals surface area contributed by atoms with Crippen LogP contribution in [0.25, 0.3) is 0 Å². The molecule has 0 aliphatic heterocycles. The zero-order valence-corrected chi connectivity index (χ0v) is 9.63. The van der Waals surface area contributed by atoms with Gasteiger partial charge in [-0.3, -0.25) is 0 Å². The molecule has 1 unspecified atom stereocenters. The normalized spacial score (nSPS) is 20.6. The first kappa shape index (κ1) is 12.0. The lowest BCUT2D eigenvalue weighted by molar-refractivity contribution is 0.166. The molecule has 1 aliphatic rings. The first-order chi connectivity index (χ1) is 6.74. The summed E-state index contributed by atoms with van der Waals surface area (Å²) in [5.41, 5.74) is 0. The second-order valence-corrected chi connectivity index (χ2v) is 4.88. The number of hydrogen-bond donors (Lipinski definition) is 2. The van der Waals surface area contributed by atoms with Gasteiger partial charge >= 0.3 is 0 Å². The van der Waals surface area contributed by atoms with E-state index < -0.39 is 0 Å². The second-order valence-electron chi connectivity index (χ2n) is 4.88. The summed E-state index contributed by atoms with van der Waals surface area (Å²) >= 11 is 0. The predicted molar refractivity (Wildman–Crippen MR) is 60.3 cm³/mol. The summed E-state index contributed by atoms with van der Waals surface area (Å²) in [6, 6.07) is 0.568. The third-order valence-corrected chi connectivity index (χ3v) is 3.37. The molecule has 2 nitrogen and oxygen atoms in total. The molecule has 0 saturated heterocycles. The average Bonchev–Trinajstić information content (AvgIpc) is 2.64. The molecule has 1 atom stereocenters. The fraction of sp³-hybridized carbons (Fsp3) is 1.00. The molecule has 84 valence electrons. The van der Waals surface area contributed by atoms with E-state index >= 15 is 0 Å². The molecule has 2 heteroatoms. The largest absolute Gasteiger partial charge is 0.396 e. The molecule has 1 saturated carbocycles. The Bertz CT molecular complexity index is 141. The summed E-state index contributed by atoms with van der Waals surface area (Å²) in [6.45, 7) is 5.77. The minimum atomic E-state index is 0.379. The highest BCUT2D eigenvalue weighted by Crippen LogP contribution is 2.32. The summed E-state index contributed by atoms with van der Waals surface area (Å²) in [7, 11) is 0. The van der Waals surface area contributed by atoms with Crippen molar-refractivity contribution in [3.63, 3.8) is 0 Å². The number of hydrogen-bond acceptors (Lipinski definition) is 2. The van der Waals surface area contributed by atoms with Gasteiger partial charge < -0.3 is 10.4 Å². The molecule has 2 N–H and O–H groups in total. The molecule has 0 heterocycles. The molecule has 0 aromatic carbocycles. The predicted octanol–water partition coefficient (Wildman–Crippen LogP) is 2.17. The van der Waals surface area contributed by atoms with Crippen LogP contribution in [0.3, 0.4) is 0 Å². The maximum absolute atomic E-state index is 9.32. The van der Waals surface area contributed by atoms with E-state index in [0.29, 0.717) is 18.6 Å². The minimum absolute atomic E-state index is 0.379. The molecule has 0 amide bonds. The number of rotatable bonds is 6. The maximum Gasteiger partial charge on any atom is 0.0462 e. The summed E-state index contributed by atoms with van der Waals surface area (Å²) < 4.78 is 0. The van der Waals surface area contributed by atoms with Crippen LogP contribution in [0.4, 0.5) is 0 Å². The van der Waals surface area contributed by atoms with Gasteiger partial charge in [-0.15, -0.1) is 0 Å². The summed E-state index contributed by atoms with van der Waals surface area (Å²) in [5, 5.41) is 12.7. The number of aliphatic hydroxyl groups is 1. The topological polar surface area (TPSA) is 32.3 Å². The van der Waals surface area contributed by atoms with Gasteiger partial charge in [0.15, 0.2) is 0 Å². The van der Waals surface area contributed by atoms with Crippen molar-refractivity contribution in [3.05, 3.63) is 0 Å². The zero-order valence-electron chi connectivity index (χ0n) is 9.63. The highest BCUT2D eigenvalue weighted by Gasteiger charge is 2.23. The second kappa shape index (κ2) is 6.41. The molecule has 0 radical (unpaired) electrons. The van der Waals surface area contributed by atoms with Crippen molar-refractivity contribution < 1.29 is 5.11 Å². The monoisotopic (exact) mass is 199 g/mol. The van der Waals surface area contributed by atoms with Crippen molar-refractivity contribution in [1.82, 2.24) is 5.32 Å². The molecule has 14 heavy (non-hydrogen) atoms. The molecule has 1 aliphatic carbocycles. The highest BCUT2D eigenvalue weighted by molar-refractivity contribution is 4.75. The summed E-state index contributed by atoms with van der Waals surface area (Å²) in [5.74, 6) is 1.35. The molecule has 0 aromatic rings. The van der Waals surface area contributed by atoms with E-state index in [2.05, 4.69) is 19.2 Å². The average molecular weight is 199 g/mol. The van der Waals surface area contributed by atoms with Crippen molar-refractivity contribution in [3.8, 4) is 0 Å². The highest BCUT2D eigenvalue weighted by atomic mass is 16.3. The lowest BCUT2D eigenvalue weighted by Crippen LogP contribution is -2.28. The van der Waals surface area contributed by atoms with Crippen LogP contribution in [0.1, 0.15) is 46.0 Å². The van der Waals surface area contributed by atoms with Crippen molar-refractivity contribution in [2.24, 2.45) is 11.8 Å². The van der Waals surface area contributed by atoms with E-state index in [4.69, 9.17) is 0 Å². The summed E-state index contributed by atoms with van der Waals surface area (Å²) in [4.78, 5) is 0. The minimum Gasteiger partial charge on any atom is -0.396 e. The quantitative estimate of drug-likeness (QED) is 0.687. The maximum atomic E-state index is 9.32. The van der Waals surface area contributed by atoms with Crippen LogP contribution in [0.5, 0.6) is 0 Å². The van der Waals surface area contributed by atoms with Crippen molar-refractivity contribution in [2.45, 2.75) is 52.0 Å². The van der Waals surface area contributed by atoms with E-state index in [0.717, 1.165) is 18.9 Å². The summed E-state index contributed by atoms with van der Waals surface area (Å²) in [6.07, 6.45) is 6.57. The van der Waals surface area contributed by atoms with Crippen LogP contribution in [0.2, 0.25) is 0 Å². The van der Waals surface area contributed by atoms with Crippen LogP contribution >= 0.6 is 0 Å². The zero-order chi connectivity index (χ0) is 10.4. The van der Waals surface area contributed by atoms with E-state index in [1.54, 1.807) is 0 Å². The number of aliphatic hydroxyl groups excluding tert-OH is 1. The van der Waals surface area contributed by atoms with Gasteiger partial charge in [-0.05, 0) is 24.8 Å². The Morgan fingerprint density at radius 1 is 1.29 bits per heavy atom. The Balaban J connectivity index is 2.17. The van der Waals surface area contributed by atoms with Gasteiger partial charge in [0.1, 0.15) is 0 Å². The first-order valence-electron chi connectivity index (χ1n) is 6.08. The van der Waals surface area contributed by atoms with Crippen molar-refractivity contribution in [1.29, 1.82) is 0 Å². The Labute approximate surface area is 88.1 Å². The molecule has 1 fully saturated rings. The van der Waals surface area contributed by atoms with E-state index in [9.17, 15) is 5.11 Å². The third-order valence-electron chi connectivity index (χ3n) is 3.37. The Kier molecular flexibility index (Phi) is 5.49. The SMILES string of the molecule is CC(C)NCCC(CO)C1CCCC1. The van der Waals surface area contributed by atoms with Crippen LogP contribution in [-0.2, 0) is 0 Å². The molecule has 1 rings (SSSR count). The lowest BCUT2D eigenvalue weighted by atomic mass is 9.89. The van der Waals surface area contributed by atoms with Crippen LogP contribution in [0.15, 0.2) is 0 Å². The van der Waals surface area contributed by atoms with Gasteiger partial charge in [0.05, 0.1) is 0 Å². The molecule has 0 bridgehead atoms. The van der Waals surface area contributed by atoms with Crippen LogP contribution in [-0.4, -0.2) is 24.3 Å². The lowest BCUT2D eigenvalue weighted by Gasteiger charge is -2.21. The molecule has 0 aromatic heterocycles. The van der Waals surface area contributed by atoms with E-state index in [-0.39, 0.29) is 0 Å². The van der Waals surface area contributed by atoms with Gasteiger partial charge in [0, 0.05) is 12.6 Å². The van der Waals surface area contributed by atoms with Gasteiger partial charge in [0.2, 0.25) is 0 Å². The fourth-order valence-corrected chi connectivity index (χ4v) is 2.46. The van der Waals surface area contributed by atoms with Gasteiger partial charge in [-0.2, -0.15) is 0 Å². The molecular weight excluding hydrogens is 174 g/mol. The fourth-order valence-electron chi connectivity index (χ4n) is 2.46. The first-order valence-corrected chi connectivity index (χ1v) is 6.08. The number of nitrogens with one attached hydrogen (secondary N) is 1. The van der Waals surface area contributed by atoms with Crippen molar-refractivity contribution in [2.75, 3.05) is 13.2 Å². The molecular formula is C12H25NO. The molecule has 0 spiro atoms. The Hall–Kier alpha value is -0.0800. The third kappa shape index (κ3) is 3.97. The smallest absolute Gasteiger partial charge is 0.0462 e. The van der Waals surface area contributed by atoms with Crippen molar-refractivity contribution >= 4 is 0 Å². The van der Waals surface area contributed by atoms with Crippen LogP contribution < -0.4 is 5.32 Å². The van der Waals surface area contributed by atoms with E-state index in [1.807, 2.05) is 0 Å². The Morgan fingerprint density at radius 2 is 1.93 bits per heavy atom. The Morgan fingerprint density at radius 3 is 2.43 bits per heavy atom. The van der Waals surface area contributed by atoms with Gasteiger partial charge in [-0.25, -0.2) is 0 Å².